The van der Waals surface area contributed by atoms with E-state index in [9.17, 15) is 4.79 Å². The average molecular weight is 288 g/mol. The maximum atomic E-state index is 12.0. The number of amides is 1. The zero-order chi connectivity index (χ0) is 14.4. The summed E-state index contributed by atoms with van der Waals surface area (Å²) in [4.78, 5) is 21.8. The van der Waals surface area contributed by atoms with Crippen molar-refractivity contribution >= 4 is 23.5 Å². The molecule has 2 N–H and O–H groups in total. The zero-order valence-corrected chi connectivity index (χ0v) is 12.0. The van der Waals surface area contributed by atoms with Crippen LogP contribution in [-0.4, -0.2) is 33.6 Å². The molecule has 0 saturated heterocycles. The van der Waals surface area contributed by atoms with Crippen molar-refractivity contribution in [2.45, 2.75) is 11.6 Å². The molecule has 0 aliphatic heterocycles. The van der Waals surface area contributed by atoms with Gasteiger partial charge in [-0.25, -0.2) is 9.97 Å². The minimum Gasteiger partial charge on any atom is -0.381 e. The van der Waals surface area contributed by atoms with Gasteiger partial charge in [0.25, 0.3) is 0 Å². The highest BCUT2D eigenvalue weighted by Gasteiger charge is 2.11. The van der Waals surface area contributed by atoms with Gasteiger partial charge in [-0.3, -0.25) is 4.79 Å². The van der Waals surface area contributed by atoms with Crippen molar-refractivity contribution in [3.63, 3.8) is 0 Å². The minimum absolute atomic E-state index is 0.0314. The second-order valence-corrected chi connectivity index (χ2v) is 5.23. The van der Waals surface area contributed by atoms with Gasteiger partial charge in [0.1, 0.15) is 5.03 Å². The number of benzene rings is 1. The average Bonchev–Trinajstić information content (AvgIpc) is 2.47. The summed E-state index contributed by atoms with van der Waals surface area (Å²) in [5, 5.41) is 0.592. The summed E-state index contributed by atoms with van der Waals surface area (Å²) >= 11 is 1.30. The molecule has 0 spiro atoms. The van der Waals surface area contributed by atoms with E-state index in [0.717, 1.165) is 5.56 Å². The van der Waals surface area contributed by atoms with E-state index < -0.39 is 0 Å². The highest BCUT2D eigenvalue weighted by Crippen LogP contribution is 2.20. The lowest BCUT2D eigenvalue weighted by atomic mass is 10.2. The van der Waals surface area contributed by atoms with Gasteiger partial charge >= 0.3 is 0 Å². The summed E-state index contributed by atoms with van der Waals surface area (Å²) in [6.07, 6.45) is 3.10. The summed E-state index contributed by atoms with van der Waals surface area (Å²) < 4.78 is 0. The van der Waals surface area contributed by atoms with Crippen LogP contribution in [0.1, 0.15) is 5.56 Å². The number of nitrogens with zero attached hydrogens (tertiary/aromatic N) is 3. The maximum absolute atomic E-state index is 12.0. The molecule has 2 rings (SSSR count). The summed E-state index contributed by atoms with van der Waals surface area (Å²) in [5.41, 5.74) is 6.79. The van der Waals surface area contributed by atoms with Crippen molar-refractivity contribution < 1.29 is 4.79 Å². The molecule has 5 nitrogen and oxygen atoms in total. The van der Waals surface area contributed by atoms with Crippen molar-refractivity contribution in [1.82, 2.24) is 14.9 Å². The number of nitrogen functional groups attached to an aromatic ring is 1. The van der Waals surface area contributed by atoms with Crippen LogP contribution in [0.25, 0.3) is 0 Å². The molecule has 0 unspecified atom stereocenters. The van der Waals surface area contributed by atoms with Gasteiger partial charge in [0.15, 0.2) is 5.82 Å². The minimum atomic E-state index is 0.0314. The summed E-state index contributed by atoms with van der Waals surface area (Å²) in [7, 11) is 1.79. The van der Waals surface area contributed by atoms with E-state index in [4.69, 9.17) is 5.73 Å². The van der Waals surface area contributed by atoms with Gasteiger partial charge in [-0.2, -0.15) is 0 Å². The second-order valence-electron chi connectivity index (χ2n) is 4.27. The molecule has 20 heavy (non-hydrogen) atoms. The molecule has 0 aliphatic rings. The monoisotopic (exact) mass is 288 g/mol. The molecule has 0 atom stereocenters. The quantitative estimate of drug-likeness (QED) is 0.850. The third-order valence-electron chi connectivity index (χ3n) is 2.71. The molecule has 1 aromatic heterocycles. The van der Waals surface area contributed by atoms with Crippen molar-refractivity contribution in [2.75, 3.05) is 18.5 Å². The number of nitrogens with two attached hydrogens (primary N) is 1. The number of anilines is 1. The molecule has 2 aromatic rings. The molecule has 0 bridgehead atoms. The van der Waals surface area contributed by atoms with Crippen molar-refractivity contribution in [2.24, 2.45) is 0 Å². The fourth-order valence-electron chi connectivity index (χ4n) is 1.63. The normalized spacial score (nSPS) is 10.2. The largest absolute Gasteiger partial charge is 0.381 e. The summed E-state index contributed by atoms with van der Waals surface area (Å²) in [6, 6.07) is 9.87. The summed E-state index contributed by atoms with van der Waals surface area (Å²) in [6.45, 7) is 0.593. The first-order chi connectivity index (χ1) is 9.66. The highest BCUT2D eigenvalue weighted by atomic mass is 32.2. The third-order valence-corrected chi connectivity index (χ3v) is 3.69. The predicted molar refractivity (Wildman–Crippen MR) is 80.1 cm³/mol. The number of aromatic nitrogens is 2. The van der Waals surface area contributed by atoms with Gasteiger partial charge in [0.2, 0.25) is 5.91 Å². The van der Waals surface area contributed by atoms with E-state index in [1.165, 1.54) is 18.0 Å². The molecule has 1 amide bonds. The Kier molecular flexibility index (Phi) is 4.95. The van der Waals surface area contributed by atoms with Gasteiger partial charge in [-0.1, -0.05) is 42.1 Å². The Bertz CT molecular complexity index is 576. The van der Waals surface area contributed by atoms with Crippen LogP contribution in [-0.2, 0) is 11.3 Å². The van der Waals surface area contributed by atoms with Gasteiger partial charge in [-0.15, -0.1) is 0 Å². The van der Waals surface area contributed by atoms with Crippen LogP contribution >= 0.6 is 11.8 Å². The van der Waals surface area contributed by atoms with E-state index in [-0.39, 0.29) is 5.91 Å². The van der Waals surface area contributed by atoms with Crippen molar-refractivity contribution in [3.8, 4) is 0 Å². The van der Waals surface area contributed by atoms with Crippen LogP contribution in [0.3, 0.4) is 0 Å². The van der Waals surface area contributed by atoms with Gasteiger partial charge in [0.05, 0.1) is 5.75 Å². The Labute approximate surface area is 122 Å². The molecule has 104 valence electrons. The smallest absolute Gasteiger partial charge is 0.233 e. The van der Waals surface area contributed by atoms with E-state index >= 15 is 0 Å². The molecule has 1 aromatic carbocycles. The topological polar surface area (TPSA) is 72.1 Å². The lowest BCUT2D eigenvalue weighted by molar-refractivity contribution is -0.127. The van der Waals surface area contributed by atoms with E-state index in [1.54, 1.807) is 18.1 Å². The van der Waals surface area contributed by atoms with E-state index in [2.05, 4.69) is 9.97 Å². The van der Waals surface area contributed by atoms with Crippen LogP contribution in [0.2, 0.25) is 0 Å². The maximum Gasteiger partial charge on any atom is 0.233 e. The number of hydrogen-bond donors (Lipinski definition) is 1. The van der Waals surface area contributed by atoms with E-state index in [0.29, 0.717) is 23.1 Å². The van der Waals surface area contributed by atoms with Crippen molar-refractivity contribution in [1.29, 1.82) is 0 Å². The lowest BCUT2D eigenvalue weighted by Gasteiger charge is -2.17. The Morgan fingerprint density at radius 2 is 1.95 bits per heavy atom. The molecule has 0 fully saturated rings. The lowest BCUT2D eigenvalue weighted by Crippen LogP contribution is -2.27. The number of carbonyl (C=O) groups is 1. The first kappa shape index (κ1) is 14.3. The predicted octanol–water partition coefficient (Wildman–Crippen LogP) is 1.81. The molecular weight excluding hydrogens is 272 g/mol. The van der Waals surface area contributed by atoms with Crippen molar-refractivity contribution in [3.05, 3.63) is 48.3 Å². The molecular formula is C14H16N4OS. The van der Waals surface area contributed by atoms with Gasteiger partial charge < -0.3 is 10.6 Å². The molecule has 0 saturated carbocycles. The molecule has 6 heteroatoms. The highest BCUT2D eigenvalue weighted by molar-refractivity contribution is 8.00. The first-order valence-electron chi connectivity index (χ1n) is 6.14. The molecule has 0 aliphatic carbocycles. The molecule has 1 heterocycles. The van der Waals surface area contributed by atoms with Crippen LogP contribution in [0, 0.1) is 0 Å². The molecule has 0 radical (unpaired) electrons. The fourth-order valence-corrected chi connectivity index (χ4v) is 2.45. The van der Waals surface area contributed by atoms with Crippen LogP contribution in [0.4, 0.5) is 5.82 Å². The number of thioether (sulfide) groups is 1. The summed E-state index contributed by atoms with van der Waals surface area (Å²) in [5.74, 6) is 0.687. The van der Waals surface area contributed by atoms with Crippen LogP contribution < -0.4 is 5.73 Å². The SMILES string of the molecule is CN(Cc1ccccc1)C(=O)CSc1nccnc1N. The number of rotatable bonds is 5. The Morgan fingerprint density at radius 3 is 2.65 bits per heavy atom. The fraction of sp³-hybridized carbons (Fsp3) is 0.214. The number of hydrogen-bond acceptors (Lipinski definition) is 5. The zero-order valence-electron chi connectivity index (χ0n) is 11.2. The van der Waals surface area contributed by atoms with Crippen LogP contribution in [0.15, 0.2) is 47.8 Å². The Morgan fingerprint density at radius 1 is 1.25 bits per heavy atom. The first-order valence-corrected chi connectivity index (χ1v) is 7.12. The Hall–Kier alpha value is -2.08. The Balaban J connectivity index is 1.87. The number of carbonyl (C=O) groups excluding carboxylic acids is 1. The standard InChI is InChI=1S/C14H16N4OS/c1-18(9-11-5-3-2-4-6-11)12(19)10-20-14-13(15)16-7-8-17-14/h2-8H,9-10H2,1H3,(H2,15,16). The van der Waals surface area contributed by atoms with Gasteiger partial charge in [-0.05, 0) is 5.56 Å². The third kappa shape index (κ3) is 3.96. The van der Waals surface area contributed by atoms with Crippen LogP contribution in [0.5, 0.6) is 0 Å². The van der Waals surface area contributed by atoms with E-state index in [1.807, 2.05) is 30.3 Å². The second kappa shape index (κ2) is 6.91. The van der Waals surface area contributed by atoms with Gasteiger partial charge in [0, 0.05) is 26.0 Å².